The van der Waals surface area contributed by atoms with Crippen LogP contribution in [-0.2, 0) is 25.6 Å². The van der Waals surface area contributed by atoms with Gasteiger partial charge in [-0.25, -0.2) is 0 Å². The molecule has 2 saturated heterocycles. The van der Waals surface area contributed by atoms with Gasteiger partial charge >= 0.3 is 5.97 Å². The van der Waals surface area contributed by atoms with Gasteiger partial charge in [0.25, 0.3) is 0 Å². The van der Waals surface area contributed by atoms with Crippen LogP contribution < -0.4 is 11.1 Å². The third kappa shape index (κ3) is 5.18. The average Bonchev–Trinajstić information content (AvgIpc) is 3.44. The van der Waals surface area contributed by atoms with E-state index in [4.69, 9.17) is 10.8 Å². The predicted molar refractivity (Wildman–Crippen MR) is 114 cm³/mol. The normalized spacial score (nSPS) is 22.4. The molecule has 5 N–H and O–H groups in total. The molecule has 0 bridgehead atoms. The Bertz CT molecular complexity index is 874. The van der Waals surface area contributed by atoms with E-state index in [1.807, 2.05) is 0 Å². The fraction of sp³-hybridized carbons (Fsp3) is 0.545. The minimum atomic E-state index is -1.15. The van der Waals surface area contributed by atoms with Crippen LogP contribution in [0.25, 0.3) is 0 Å². The minimum absolute atomic E-state index is 0.126. The number of nitrogens with one attached hydrogen (secondary N) is 1. The maximum Gasteiger partial charge on any atom is 0.325 e. The molecule has 0 radical (unpaired) electrons. The first-order valence-electron chi connectivity index (χ1n) is 10.9. The Hall–Kier alpha value is -3.14. The summed E-state index contributed by atoms with van der Waals surface area (Å²) < 4.78 is 0. The van der Waals surface area contributed by atoms with Gasteiger partial charge in [0.15, 0.2) is 0 Å². The van der Waals surface area contributed by atoms with Crippen LogP contribution in [0.5, 0.6) is 5.75 Å². The Labute approximate surface area is 186 Å². The number of hydrogen-bond donors (Lipinski definition) is 4. The number of benzene rings is 1. The van der Waals surface area contributed by atoms with Gasteiger partial charge in [0.1, 0.15) is 23.9 Å². The Balaban J connectivity index is 1.66. The first-order valence-corrected chi connectivity index (χ1v) is 10.9. The molecule has 1 aromatic carbocycles. The molecule has 1 aromatic rings. The smallest absolute Gasteiger partial charge is 0.325 e. The summed E-state index contributed by atoms with van der Waals surface area (Å²) in [6.07, 6.45) is 2.51. The van der Waals surface area contributed by atoms with E-state index >= 15 is 0 Å². The molecular formula is C22H30N4O6. The van der Waals surface area contributed by atoms with E-state index in [0.717, 1.165) is 5.56 Å². The van der Waals surface area contributed by atoms with Crippen molar-refractivity contribution in [3.05, 3.63) is 29.8 Å². The maximum atomic E-state index is 13.3. The number of carboxylic acids is 1. The van der Waals surface area contributed by atoms with Crippen molar-refractivity contribution in [2.45, 2.75) is 63.2 Å². The highest BCUT2D eigenvalue weighted by Crippen LogP contribution is 2.26. The van der Waals surface area contributed by atoms with Gasteiger partial charge in [0.05, 0.1) is 6.04 Å². The molecular weight excluding hydrogens is 416 g/mol. The molecule has 10 nitrogen and oxygen atoms in total. The highest BCUT2D eigenvalue weighted by Gasteiger charge is 2.43. The number of aliphatic carboxylic acids is 1. The molecule has 4 unspecified atom stereocenters. The van der Waals surface area contributed by atoms with Gasteiger partial charge in [-0.2, -0.15) is 0 Å². The van der Waals surface area contributed by atoms with Crippen LogP contribution in [0.3, 0.4) is 0 Å². The van der Waals surface area contributed by atoms with Crippen LogP contribution in [0.2, 0.25) is 0 Å². The summed E-state index contributed by atoms with van der Waals surface area (Å²) in [5, 5.41) is 20.9. The molecule has 10 heteroatoms. The van der Waals surface area contributed by atoms with Crippen LogP contribution in [0, 0.1) is 0 Å². The highest BCUT2D eigenvalue weighted by molar-refractivity contribution is 5.94. The molecule has 2 aliphatic heterocycles. The lowest BCUT2D eigenvalue weighted by molar-refractivity contribution is -0.148. The number of nitrogens with zero attached hydrogens (tertiary/aromatic N) is 2. The Morgan fingerprint density at radius 2 is 1.66 bits per heavy atom. The van der Waals surface area contributed by atoms with Gasteiger partial charge in [-0.1, -0.05) is 12.1 Å². The number of phenols is 1. The number of hydrogen-bond acceptors (Lipinski definition) is 6. The molecule has 2 aliphatic rings. The quantitative estimate of drug-likeness (QED) is 0.454. The van der Waals surface area contributed by atoms with Crippen molar-refractivity contribution < 1.29 is 29.4 Å². The molecule has 2 fully saturated rings. The average molecular weight is 447 g/mol. The largest absolute Gasteiger partial charge is 0.508 e. The van der Waals surface area contributed by atoms with E-state index in [9.17, 15) is 24.3 Å². The van der Waals surface area contributed by atoms with Crippen LogP contribution in [0.4, 0.5) is 0 Å². The number of amides is 3. The van der Waals surface area contributed by atoms with E-state index in [2.05, 4.69) is 5.32 Å². The third-order valence-corrected chi connectivity index (χ3v) is 6.10. The number of carboxylic acid groups (broad SMARTS) is 1. The summed E-state index contributed by atoms with van der Waals surface area (Å²) in [6, 6.07) is 3.13. The van der Waals surface area contributed by atoms with Crippen molar-refractivity contribution in [2.24, 2.45) is 5.73 Å². The summed E-state index contributed by atoms with van der Waals surface area (Å²) in [5.41, 5.74) is 6.94. The molecule has 0 aliphatic carbocycles. The maximum absolute atomic E-state index is 13.3. The second kappa shape index (κ2) is 9.99. The number of carbonyl (C=O) groups is 4. The second-order valence-corrected chi connectivity index (χ2v) is 8.42. The van der Waals surface area contributed by atoms with Gasteiger partial charge < -0.3 is 31.1 Å². The summed E-state index contributed by atoms with van der Waals surface area (Å²) in [4.78, 5) is 52.9. The minimum Gasteiger partial charge on any atom is -0.508 e. The lowest BCUT2D eigenvalue weighted by atomic mass is 10.0. The molecule has 32 heavy (non-hydrogen) atoms. The van der Waals surface area contributed by atoms with Crippen molar-refractivity contribution in [3.8, 4) is 5.75 Å². The summed E-state index contributed by atoms with van der Waals surface area (Å²) in [5.74, 6) is -2.14. The van der Waals surface area contributed by atoms with Crippen LogP contribution in [-0.4, -0.2) is 81.0 Å². The predicted octanol–water partition coefficient (Wildman–Crippen LogP) is -0.167. The molecule has 0 aromatic heterocycles. The first kappa shape index (κ1) is 23.5. The van der Waals surface area contributed by atoms with Crippen LogP contribution >= 0.6 is 0 Å². The summed E-state index contributed by atoms with van der Waals surface area (Å²) in [7, 11) is 0. The molecule has 0 spiro atoms. The Kier molecular flexibility index (Phi) is 7.34. The van der Waals surface area contributed by atoms with Gasteiger partial charge in [-0.05, 0) is 56.7 Å². The standard InChI is InChI=1S/C22H30N4O6/c1-13(22(31)32)24-19(28)17-4-2-10-25(17)21(30)18-5-3-11-26(18)20(29)16(23)12-14-6-8-15(27)9-7-14/h6-9,13,16-18,27H,2-5,10-12,23H2,1H3,(H,24,28)(H,31,32). The zero-order valence-electron chi connectivity index (χ0n) is 18.1. The lowest BCUT2D eigenvalue weighted by Gasteiger charge is -2.32. The monoisotopic (exact) mass is 446 g/mol. The van der Waals surface area contributed by atoms with E-state index < -0.39 is 36.0 Å². The molecule has 2 heterocycles. The SMILES string of the molecule is CC(NC(=O)C1CCCN1C(=O)C1CCCN1C(=O)C(N)Cc1ccc(O)cc1)C(=O)O. The van der Waals surface area contributed by atoms with E-state index in [1.54, 1.807) is 12.1 Å². The van der Waals surface area contributed by atoms with Crippen molar-refractivity contribution in [3.63, 3.8) is 0 Å². The fourth-order valence-corrected chi connectivity index (χ4v) is 4.34. The van der Waals surface area contributed by atoms with Crippen molar-refractivity contribution >= 4 is 23.7 Å². The zero-order chi connectivity index (χ0) is 23.4. The number of likely N-dealkylation sites (tertiary alicyclic amines) is 2. The van der Waals surface area contributed by atoms with E-state index in [-0.39, 0.29) is 24.0 Å². The molecule has 3 rings (SSSR count). The number of carbonyl (C=O) groups excluding carboxylic acids is 3. The number of aromatic hydroxyl groups is 1. The number of phenolic OH excluding ortho intramolecular Hbond substituents is 1. The van der Waals surface area contributed by atoms with Crippen LogP contribution in [0.15, 0.2) is 24.3 Å². The molecule has 3 amide bonds. The Morgan fingerprint density at radius 3 is 2.28 bits per heavy atom. The topological polar surface area (TPSA) is 153 Å². The number of rotatable bonds is 7. The zero-order valence-corrected chi connectivity index (χ0v) is 18.1. The molecule has 174 valence electrons. The third-order valence-electron chi connectivity index (χ3n) is 6.10. The van der Waals surface area contributed by atoms with Crippen molar-refractivity contribution in [1.29, 1.82) is 0 Å². The fourth-order valence-electron chi connectivity index (χ4n) is 4.34. The van der Waals surface area contributed by atoms with Gasteiger partial charge in [0, 0.05) is 13.1 Å². The van der Waals surface area contributed by atoms with Crippen molar-refractivity contribution in [1.82, 2.24) is 15.1 Å². The van der Waals surface area contributed by atoms with Gasteiger partial charge in [-0.15, -0.1) is 0 Å². The molecule has 4 atom stereocenters. The molecule has 0 saturated carbocycles. The van der Waals surface area contributed by atoms with E-state index in [1.165, 1.54) is 28.9 Å². The highest BCUT2D eigenvalue weighted by atomic mass is 16.4. The Morgan fingerprint density at radius 1 is 1.06 bits per heavy atom. The van der Waals surface area contributed by atoms with Crippen LogP contribution in [0.1, 0.15) is 38.2 Å². The second-order valence-electron chi connectivity index (χ2n) is 8.42. The van der Waals surface area contributed by atoms with Crippen molar-refractivity contribution in [2.75, 3.05) is 13.1 Å². The first-order chi connectivity index (χ1) is 15.2. The number of nitrogens with two attached hydrogens (primary N) is 1. The van der Waals surface area contributed by atoms with Gasteiger partial charge in [0.2, 0.25) is 17.7 Å². The van der Waals surface area contributed by atoms with Gasteiger partial charge in [-0.3, -0.25) is 19.2 Å². The van der Waals surface area contributed by atoms with E-state index in [0.29, 0.717) is 38.8 Å². The summed E-state index contributed by atoms with van der Waals surface area (Å²) >= 11 is 0. The summed E-state index contributed by atoms with van der Waals surface area (Å²) in [6.45, 7) is 2.17. The lowest BCUT2D eigenvalue weighted by Crippen LogP contribution is -2.56.